The van der Waals surface area contributed by atoms with Crippen LogP contribution in [0.2, 0.25) is 0 Å². The first-order chi connectivity index (χ1) is 9.78. The van der Waals surface area contributed by atoms with Crippen molar-refractivity contribution in [2.24, 2.45) is 0 Å². The van der Waals surface area contributed by atoms with Crippen LogP contribution in [0.3, 0.4) is 0 Å². The molecule has 1 saturated carbocycles. The second kappa shape index (κ2) is 7.96. The number of nitrogens with one attached hydrogen (secondary N) is 1. The van der Waals surface area contributed by atoms with Gasteiger partial charge >= 0.3 is 0 Å². The third-order valence-electron chi connectivity index (χ3n) is 3.48. The molecule has 0 spiro atoms. The van der Waals surface area contributed by atoms with Crippen LogP contribution < -0.4 is 5.32 Å². The highest BCUT2D eigenvalue weighted by molar-refractivity contribution is 7.99. The van der Waals surface area contributed by atoms with Crippen molar-refractivity contribution < 1.29 is 4.79 Å². The van der Waals surface area contributed by atoms with Gasteiger partial charge in [-0.05, 0) is 43.2 Å². The number of amides is 1. The summed E-state index contributed by atoms with van der Waals surface area (Å²) in [7, 11) is 0. The second-order valence-corrected chi connectivity index (χ2v) is 6.53. The molecule has 1 aromatic rings. The van der Waals surface area contributed by atoms with Crippen LogP contribution >= 0.6 is 11.8 Å². The van der Waals surface area contributed by atoms with Gasteiger partial charge in [0.2, 0.25) is 5.91 Å². The molecule has 0 unspecified atom stereocenters. The van der Waals surface area contributed by atoms with E-state index in [9.17, 15) is 4.79 Å². The third kappa shape index (κ3) is 4.90. The van der Waals surface area contributed by atoms with Crippen LogP contribution in [-0.4, -0.2) is 16.9 Å². The van der Waals surface area contributed by atoms with Crippen LogP contribution in [0.25, 0.3) is 0 Å². The maximum atomic E-state index is 11.8. The first kappa shape index (κ1) is 14.9. The zero-order chi connectivity index (χ0) is 14.2. The molecule has 1 fully saturated rings. The summed E-state index contributed by atoms with van der Waals surface area (Å²) in [6.07, 6.45) is 6.90. The number of hydrogen-bond acceptors (Lipinski definition) is 3. The zero-order valence-electron chi connectivity index (χ0n) is 11.6. The number of hydrogen-bond donors (Lipinski definition) is 1. The predicted octanol–water partition coefficient (Wildman–Crippen LogP) is 3.95. The van der Waals surface area contributed by atoms with Gasteiger partial charge in [-0.3, -0.25) is 4.79 Å². The summed E-state index contributed by atoms with van der Waals surface area (Å²) < 4.78 is 0. The Morgan fingerprint density at radius 1 is 1.40 bits per heavy atom. The monoisotopic (exact) mass is 288 g/mol. The van der Waals surface area contributed by atoms with Gasteiger partial charge in [0.05, 0.1) is 11.6 Å². The Balaban J connectivity index is 1.65. The number of carbonyl (C=O) groups is 1. The van der Waals surface area contributed by atoms with Gasteiger partial charge in [0.15, 0.2) is 0 Å². The highest BCUT2D eigenvalue weighted by atomic mass is 32.2. The molecule has 0 atom stereocenters. The second-order valence-electron chi connectivity index (χ2n) is 5.12. The lowest BCUT2D eigenvalue weighted by molar-refractivity contribution is -0.116. The summed E-state index contributed by atoms with van der Waals surface area (Å²) in [5.41, 5.74) is 1.28. The van der Waals surface area contributed by atoms with Crippen LogP contribution in [0.1, 0.15) is 44.1 Å². The molecule has 1 N–H and O–H groups in total. The van der Waals surface area contributed by atoms with Crippen molar-refractivity contribution in [1.82, 2.24) is 0 Å². The molecule has 1 amide bonds. The van der Waals surface area contributed by atoms with Crippen LogP contribution in [-0.2, 0) is 4.79 Å². The van der Waals surface area contributed by atoms with Gasteiger partial charge in [0, 0.05) is 17.4 Å². The lowest BCUT2D eigenvalue weighted by atomic mass is 10.2. The number of carbonyl (C=O) groups excluding carboxylic acids is 1. The minimum absolute atomic E-state index is 0.0344. The van der Waals surface area contributed by atoms with Gasteiger partial charge in [-0.15, -0.1) is 0 Å². The van der Waals surface area contributed by atoms with E-state index in [4.69, 9.17) is 5.26 Å². The Labute approximate surface area is 124 Å². The van der Waals surface area contributed by atoms with Gasteiger partial charge < -0.3 is 5.32 Å². The van der Waals surface area contributed by atoms with Gasteiger partial charge in [-0.25, -0.2) is 0 Å². The fourth-order valence-electron chi connectivity index (χ4n) is 2.43. The topological polar surface area (TPSA) is 52.9 Å². The van der Waals surface area contributed by atoms with Gasteiger partial charge in [0.1, 0.15) is 0 Å². The summed E-state index contributed by atoms with van der Waals surface area (Å²) in [5, 5.41) is 12.5. The highest BCUT2D eigenvalue weighted by Gasteiger charge is 2.14. The van der Waals surface area contributed by atoms with E-state index >= 15 is 0 Å². The van der Waals surface area contributed by atoms with E-state index in [1.807, 2.05) is 17.8 Å². The smallest absolute Gasteiger partial charge is 0.224 e. The van der Waals surface area contributed by atoms with Crippen molar-refractivity contribution in [3.63, 3.8) is 0 Å². The van der Waals surface area contributed by atoms with Gasteiger partial charge in [-0.1, -0.05) is 18.9 Å². The van der Waals surface area contributed by atoms with Gasteiger partial charge in [-0.2, -0.15) is 17.0 Å². The van der Waals surface area contributed by atoms with Crippen molar-refractivity contribution in [3.8, 4) is 6.07 Å². The molecule has 0 aromatic heterocycles. The van der Waals surface area contributed by atoms with E-state index in [0.29, 0.717) is 17.7 Å². The number of nitriles is 1. The molecule has 0 aliphatic heterocycles. The number of rotatable bonds is 6. The molecule has 1 aliphatic carbocycles. The lowest BCUT2D eigenvalue weighted by Crippen LogP contribution is -2.11. The average Bonchev–Trinajstić information content (AvgIpc) is 2.97. The summed E-state index contributed by atoms with van der Waals surface area (Å²) in [5.74, 6) is 1.10. The number of benzene rings is 1. The Hall–Kier alpha value is -1.47. The molecule has 0 bridgehead atoms. The molecular weight excluding hydrogens is 268 g/mol. The average molecular weight is 288 g/mol. The summed E-state index contributed by atoms with van der Waals surface area (Å²) in [6, 6.07) is 9.09. The van der Waals surface area contributed by atoms with E-state index in [1.165, 1.54) is 25.7 Å². The molecule has 0 heterocycles. The largest absolute Gasteiger partial charge is 0.326 e. The fourth-order valence-corrected chi connectivity index (χ4v) is 3.74. The minimum atomic E-state index is 0.0344. The van der Waals surface area contributed by atoms with Crippen molar-refractivity contribution in [1.29, 1.82) is 5.26 Å². The van der Waals surface area contributed by atoms with Crippen molar-refractivity contribution in [2.75, 3.05) is 11.1 Å². The zero-order valence-corrected chi connectivity index (χ0v) is 12.4. The molecule has 106 valence electrons. The van der Waals surface area contributed by atoms with Crippen LogP contribution in [0.4, 0.5) is 5.69 Å². The number of anilines is 1. The van der Waals surface area contributed by atoms with Crippen molar-refractivity contribution in [2.45, 2.75) is 43.8 Å². The third-order valence-corrected chi connectivity index (χ3v) is 4.95. The number of thioether (sulfide) groups is 1. The van der Waals surface area contributed by atoms with Crippen LogP contribution in [0.5, 0.6) is 0 Å². The van der Waals surface area contributed by atoms with E-state index < -0.39 is 0 Å². The van der Waals surface area contributed by atoms with Crippen LogP contribution in [0, 0.1) is 11.3 Å². The summed E-state index contributed by atoms with van der Waals surface area (Å²) >= 11 is 2.02. The van der Waals surface area contributed by atoms with Crippen LogP contribution in [0.15, 0.2) is 24.3 Å². The maximum Gasteiger partial charge on any atom is 0.224 e. The molecule has 0 saturated heterocycles. The quantitative estimate of drug-likeness (QED) is 0.806. The summed E-state index contributed by atoms with van der Waals surface area (Å²) in [4.78, 5) is 11.8. The Morgan fingerprint density at radius 3 is 2.95 bits per heavy atom. The first-order valence-corrected chi connectivity index (χ1v) is 8.24. The van der Waals surface area contributed by atoms with Crippen molar-refractivity contribution in [3.05, 3.63) is 29.8 Å². The normalized spacial score (nSPS) is 14.9. The van der Waals surface area contributed by atoms with E-state index in [0.717, 1.165) is 17.4 Å². The highest BCUT2D eigenvalue weighted by Crippen LogP contribution is 2.29. The summed E-state index contributed by atoms with van der Waals surface area (Å²) in [6.45, 7) is 0. The van der Waals surface area contributed by atoms with E-state index in [1.54, 1.807) is 18.2 Å². The molecule has 1 aromatic carbocycles. The predicted molar refractivity (Wildman–Crippen MR) is 83.7 cm³/mol. The molecule has 1 aliphatic rings. The first-order valence-electron chi connectivity index (χ1n) is 7.19. The Morgan fingerprint density at radius 2 is 2.20 bits per heavy atom. The molecule has 3 nitrogen and oxygen atoms in total. The molecule has 0 radical (unpaired) electrons. The molecule has 4 heteroatoms. The Kier molecular flexibility index (Phi) is 5.94. The minimum Gasteiger partial charge on any atom is -0.326 e. The Bertz CT molecular complexity index is 489. The van der Waals surface area contributed by atoms with Gasteiger partial charge in [0.25, 0.3) is 0 Å². The SMILES string of the molecule is N#Cc1cccc(NC(=O)CCCSC2CCCC2)c1. The molecule has 20 heavy (non-hydrogen) atoms. The van der Waals surface area contributed by atoms with E-state index in [2.05, 4.69) is 11.4 Å². The van der Waals surface area contributed by atoms with Crippen molar-refractivity contribution >= 4 is 23.4 Å². The number of nitrogens with zero attached hydrogens (tertiary/aromatic N) is 1. The standard InChI is InChI=1S/C16H20N2OS/c17-12-13-5-3-6-14(11-13)18-16(19)9-4-10-20-15-7-1-2-8-15/h3,5-6,11,15H,1-2,4,7-10H2,(H,18,19). The molecule has 2 rings (SSSR count). The lowest BCUT2D eigenvalue weighted by Gasteiger charge is -2.08. The maximum absolute atomic E-state index is 11.8. The van der Waals surface area contributed by atoms with E-state index in [-0.39, 0.29) is 5.91 Å². The molecular formula is C16H20N2OS. The fraction of sp³-hybridized carbons (Fsp3) is 0.500.